The quantitative estimate of drug-likeness (QED) is 0.353. The maximum Gasteiger partial charge on any atom is 0.413 e. The van der Waals surface area contributed by atoms with Crippen LogP contribution in [0.2, 0.25) is 0 Å². The van der Waals surface area contributed by atoms with Crippen molar-refractivity contribution >= 4 is 34.5 Å². The minimum Gasteiger partial charge on any atom is -0.480 e. The fourth-order valence-corrected chi connectivity index (χ4v) is 4.68. The Hall–Kier alpha value is -4.16. The van der Waals surface area contributed by atoms with Crippen molar-refractivity contribution in [3.8, 4) is 11.5 Å². The highest BCUT2D eigenvalue weighted by molar-refractivity contribution is 5.95. The minimum atomic E-state index is -1.02. The molecule has 0 unspecified atom stereocenters. The molecular weight excluding hydrogens is 492 g/mol. The zero-order valence-corrected chi connectivity index (χ0v) is 21.0. The van der Waals surface area contributed by atoms with Crippen molar-refractivity contribution in [1.29, 1.82) is 0 Å². The lowest BCUT2D eigenvalue weighted by molar-refractivity contribution is -0.118. The first-order valence-corrected chi connectivity index (χ1v) is 12.5. The van der Waals surface area contributed by atoms with Crippen LogP contribution in [0.25, 0.3) is 10.9 Å². The normalized spacial score (nSPS) is 14.9. The fraction of sp³-hybridized carbons (Fsp3) is 0.385. The van der Waals surface area contributed by atoms with Crippen LogP contribution in [-0.4, -0.2) is 52.6 Å². The Morgan fingerprint density at radius 1 is 1.13 bits per heavy atom. The second kappa shape index (κ2) is 12.4. The van der Waals surface area contributed by atoms with Crippen molar-refractivity contribution in [3.63, 3.8) is 0 Å². The molecule has 6 N–H and O–H groups in total. The molecule has 3 heterocycles. The number of amides is 2. The molecule has 1 fully saturated rings. The van der Waals surface area contributed by atoms with Gasteiger partial charge in [0.25, 0.3) is 11.5 Å². The summed E-state index contributed by atoms with van der Waals surface area (Å²) in [6.45, 7) is 0.974. The maximum atomic E-state index is 11.7. The third kappa shape index (κ3) is 6.21. The molecule has 2 amide bonds. The number of anilines is 2. The molecule has 1 aliphatic heterocycles. The highest BCUT2D eigenvalue weighted by Crippen LogP contribution is 2.32. The topological polar surface area (TPSA) is 175 Å². The van der Waals surface area contributed by atoms with E-state index in [2.05, 4.69) is 10.3 Å². The number of carboxylic acid groups (broad SMARTS) is 1. The van der Waals surface area contributed by atoms with Gasteiger partial charge in [-0.25, -0.2) is 9.78 Å². The monoisotopic (exact) mass is 524 g/mol. The molecule has 5 rings (SSSR count). The first-order chi connectivity index (χ1) is 18.4. The Labute approximate surface area is 219 Å². The average Bonchev–Trinajstić information content (AvgIpc) is 2.91. The summed E-state index contributed by atoms with van der Waals surface area (Å²) in [7, 11) is 0. The third-order valence-electron chi connectivity index (χ3n) is 6.42. The van der Waals surface area contributed by atoms with E-state index in [-0.39, 0.29) is 36.7 Å². The Balaban J connectivity index is 0.000000181. The van der Waals surface area contributed by atoms with Gasteiger partial charge in [0.05, 0.1) is 5.52 Å². The van der Waals surface area contributed by atoms with E-state index in [4.69, 9.17) is 20.9 Å². The number of nitrogens with one attached hydrogen (secondary N) is 1. The molecular formula is C26H32N6O6. The summed E-state index contributed by atoms with van der Waals surface area (Å²) in [6.07, 6.45) is 3.86. The number of carbonyl (C=O) groups is 2. The Morgan fingerprint density at radius 2 is 1.89 bits per heavy atom. The summed E-state index contributed by atoms with van der Waals surface area (Å²) in [5, 5.41) is 13.1. The van der Waals surface area contributed by atoms with Crippen LogP contribution in [0.1, 0.15) is 32.1 Å². The molecule has 0 spiro atoms. The van der Waals surface area contributed by atoms with Crippen molar-refractivity contribution in [2.45, 2.75) is 44.7 Å². The molecule has 0 radical (unpaired) electrons. The van der Waals surface area contributed by atoms with Gasteiger partial charge in [-0.15, -0.1) is 0 Å². The lowest BCUT2D eigenvalue weighted by atomic mass is 9.94. The summed E-state index contributed by atoms with van der Waals surface area (Å²) in [5.74, 6) is 1.44. The van der Waals surface area contributed by atoms with Crippen molar-refractivity contribution in [2.24, 2.45) is 11.5 Å². The van der Waals surface area contributed by atoms with E-state index < -0.39 is 6.09 Å². The van der Waals surface area contributed by atoms with Crippen LogP contribution in [0.4, 0.5) is 16.4 Å². The predicted molar refractivity (Wildman–Crippen MR) is 143 cm³/mol. The fourth-order valence-electron chi connectivity index (χ4n) is 4.68. The number of aromatic nitrogens is 2. The molecule has 2 aromatic heterocycles. The zero-order chi connectivity index (χ0) is 27.1. The first-order valence-electron chi connectivity index (χ1n) is 12.5. The van der Waals surface area contributed by atoms with E-state index in [1.807, 2.05) is 12.1 Å². The van der Waals surface area contributed by atoms with Gasteiger partial charge < -0.3 is 30.2 Å². The average molecular weight is 525 g/mol. The van der Waals surface area contributed by atoms with Crippen LogP contribution in [0.15, 0.2) is 47.3 Å². The number of nitrogens with zero attached hydrogens (tertiary/aromatic N) is 3. The molecule has 12 heteroatoms. The van der Waals surface area contributed by atoms with Gasteiger partial charge in [0.1, 0.15) is 18.3 Å². The van der Waals surface area contributed by atoms with E-state index in [9.17, 15) is 19.5 Å². The van der Waals surface area contributed by atoms with Gasteiger partial charge in [-0.3, -0.25) is 20.2 Å². The van der Waals surface area contributed by atoms with Crippen LogP contribution in [0, 0.1) is 0 Å². The highest BCUT2D eigenvalue weighted by atomic mass is 16.5. The lowest BCUT2D eigenvalue weighted by Crippen LogP contribution is -2.41. The van der Waals surface area contributed by atoms with Gasteiger partial charge >= 0.3 is 6.09 Å². The number of hydrogen-bond acceptors (Lipinski definition) is 8. The number of rotatable bonds is 6. The van der Waals surface area contributed by atoms with Crippen molar-refractivity contribution < 1.29 is 24.2 Å². The molecule has 202 valence electrons. The number of benzene rings is 1. The second-order valence-electron chi connectivity index (χ2n) is 8.94. The highest BCUT2D eigenvalue weighted by Gasteiger charge is 2.29. The SMILES string of the molecule is NCCn1c(=O)ccc2ccc(OCN)cc21.O=C1COc2ccc(N(C(=O)O)C3CCCCC3)nc2N1. The first kappa shape index (κ1) is 26.9. The summed E-state index contributed by atoms with van der Waals surface area (Å²) in [5.41, 5.74) is 11.6. The van der Waals surface area contributed by atoms with Gasteiger partial charge in [0.15, 0.2) is 18.2 Å². The Kier molecular flexibility index (Phi) is 8.77. The van der Waals surface area contributed by atoms with Crippen LogP contribution in [-0.2, 0) is 11.3 Å². The number of nitrogens with two attached hydrogens (primary N) is 2. The van der Waals surface area contributed by atoms with Gasteiger partial charge in [0, 0.05) is 31.3 Å². The molecule has 12 nitrogen and oxygen atoms in total. The Bertz CT molecular complexity index is 1350. The molecule has 0 saturated heterocycles. The predicted octanol–water partition coefficient (Wildman–Crippen LogP) is 2.48. The molecule has 1 saturated carbocycles. The molecule has 38 heavy (non-hydrogen) atoms. The Morgan fingerprint density at radius 3 is 2.61 bits per heavy atom. The smallest absolute Gasteiger partial charge is 0.413 e. The summed E-state index contributed by atoms with van der Waals surface area (Å²) in [6, 6.07) is 12.1. The number of fused-ring (bicyclic) bond motifs is 2. The molecule has 0 atom stereocenters. The van der Waals surface area contributed by atoms with E-state index in [0.29, 0.717) is 30.4 Å². The maximum absolute atomic E-state index is 11.7. The summed E-state index contributed by atoms with van der Waals surface area (Å²) in [4.78, 5) is 40.2. The van der Waals surface area contributed by atoms with E-state index in [1.54, 1.807) is 34.9 Å². The molecule has 2 aliphatic rings. The summed E-state index contributed by atoms with van der Waals surface area (Å²) >= 11 is 0. The van der Waals surface area contributed by atoms with E-state index in [1.165, 1.54) is 4.90 Å². The van der Waals surface area contributed by atoms with Crippen molar-refractivity contribution in [2.75, 3.05) is 30.1 Å². The minimum absolute atomic E-state index is 0.0424. The number of ether oxygens (including phenoxy) is 2. The molecule has 1 aromatic carbocycles. The number of carbonyl (C=O) groups excluding carboxylic acids is 1. The molecule has 1 aliphatic carbocycles. The largest absolute Gasteiger partial charge is 0.480 e. The molecule has 3 aromatic rings. The van der Waals surface area contributed by atoms with Crippen LogP contribution >= 0.6 is 0 Å². The van der Waals surface area contributed by atoms with Gasteiger partial charge in [-0.1, -0.05) is 19.3 Å². The van der Waals surface area contributed by atoms with Crippen LogP contribution < -0.4 is 36.7 Å². The van der Waals surface area contributed by atoms with Crippen LogP contribution in [0.3, 0.4) is 0 Å². The van der Waals surface area contributed by atoms with Crippen molar-refractivity contribution in [1.82, 2.24) is 9.55 Å². The van der Waals surface area contributed by atoms with Gasteiger partial charge in [-0.2, -0.15) is 0 Å². The number of pyridine rings is 2. The number of hydrogen-bond donors (Lipinski definition) is 4. The third-order valence-corrected chi connectivity index (χ3v) is 6.42. The second-order valence-corrected chi connectivity index (χ2v) is 8.94. The lowest BCUT2D eigenvalue weighted by Gasteiger charge is -2.31. The zero-order valence-electron chi connectivity index (χ0n) is 21.0. The molecule has 0 bridgehead atoms. The van der Waals surface area contributed by atoms with E-state index in [0.717, 1.165) is 43.0 Å². The van der Waals surface area contributed by atoms with E-state index >= 15 is 0 Å². The van der Waals surface area contributed by atoms with Crippen LogP contribution in [0.5, 0.6) is 11.5 Å². The van der Waals surface area contributed by atoms with Gasteiger partial charge in [0.2, 0.25) is 0 Å². The van der Waals surface area contributed by atoms with Crippen molar-refractivity contribution in [3.05, 3.63) is 52.8 Å². The summed E-state index contributed by atoms with van der Waals surface area (Å²) < 4.78 is 12.1. The standard InChI is InChI=1S/C14H17N3O4.C12H15N3O2/c18-12-8-21-10-6-7-11(15-13(10)16-12)17(14(19)20)9-4-2-1-3-5-9;13-5-6-15-11-7-10(17-8-14)3-1-9(11)2-4-12(15)16/h6-7,9H,1-5,8H2,(H,19,20)(H,15,16,18);1-4,7H,5-6,8,13-14H2. The van der Waals surface area contributed by atoms with Gasteiger partial charge in [-0.05, 0) is 48.6 Å².